The number of carbonyl (C=O) groups is 2. The number of benzene rings is 2. The number of nitrogens with one attached hydrogen (secondary N) is 1. The molecular weight excluding hydrogens is 288 g/mol. The molecule has 23 heavy (non-hydrogen) atoms. The van der Waals surface area contributed by atoms with Crippen molar-refractivity contribution in [1.82, 2.24) is 0 Å². The number of ketones is 1. The summed E-state index contributed by atoms with van der Waals surface area (Å²) in [5.41, 5.74) is 3.77. The Hall–Kier alpha value is -2.46. The molecule has 0 radical (unpaired) electrons. The van der Waals surface area contributed by atoms with Crippen LogP contribution in [0.1, 0.15) is 35.3 Å². The van der Waals surface area contributed by atoms with Gasteiger partial charge in [0.25, 0.3) is 5.91 Å². The van der Waals surface area contributed by atoms with Crippen LogP contribution < -0.4 is 10.6 Å². The normalized spacial score (nSPS) is 11.8. The van der Waals surface area contributed by atoms with Gasteiger partial charge in [0, 0.05) is 16.8 Å². The number of Topliss-reactive ketones (excluding diaryl/α,β-unsaturated/α-hetero) is 1. The Balaban J connectivity index is 1.86. The van der Waals surface area contributed by atoms with Gasteiger partial charge in [0.1, 0.15) is 6.54 Å². The molecule has 0 aliphatic rings. The summed E-state index contributed by atoms with van der Waals surface area (Å²) in [5, 5.41) is 4.88. The van der Waals surface area contributed by atoms with Crippen LogP contribution in [0.4, 0.5) is 5.69 Å². The molecule has 0 bridgehead atoms. The maximum atomic E-state index is 12.2. The molecule has 0 saturated heterocycles. The molecule has 0 aromatic heterocycles. The summed E-state index contributed by atoms with van der Waals surface area (Å²) < 4.78 is 0. The summed E-state index contributed by atoms with van der Waals surface area (Å²) in [6.45, 7) is 6.22. The molecule has 0 spiro atoms. The lowest BCUT2D eigenvalue weighted by Crippen LogP contribution is -2.90. The van der Waals surface area contributed by atoms with E-state index in [-0.39, 0.29) is 17.7 Å². The SMILES string of the molecule is CC(=O)c1ccc(NC(=O)[C@H](C)[NH2+]Cc2ccc(C)cc2)cc1. The average Bonchev–Trinajstić information content (AvgIpc) is 2.54. The van der Waals surface area contributed by atoms with E-state index in [1.165, 1.54) is 18.1 Å². The third kappa shape index (κ3) is 5.04. The molecule has 0 saturated carbocycles. The summed E-state index contributed by atoms with van der Waals surface area (Å²) in [7, 11) is 0. The minimum absolute atomic E-state index is 0.0164. The lowest BCUT2D eigenvalue weighted by atomic mass is 10.1. The minimum Gasteiger partial charge on any atom is -0.333 e. The molecule has 0 heterocycles. The van der Waals surface area contributed by atoms with Crippen molar-refractivity contribution in [2.45, 2.75) is 33.4 Å². The van der Waals surface area contributed by atoms with E-state index in [1.807, 2.05) is 12.2 Å². The van der Waals surface area contributed by atoms with Crippen LogP contribution in [0.2, 0.25) is 0 Å². The second-order valence-corrected chi connectivity index (χ2v) is 5.84. The topological polar surface area (TPSA) is 62.8 Å². The molecule has 0 aliphatic carbocycles. The highest BCUT2D eigenvalue weighted by atomic mass is 16.2. The van der Waals surface area contributed by atoms with Crippen LogP contribution in [0.25, 0.3) is 0 Å². The van der Waals surface area contributed by atoms with Gasteiger partial charge in [0.15, 0.2) is 11.8 Å². The van der Waals surface area contributed by atoms with Crippen LogP contribution in [0.5, 0.6) is 0 Å². The van der Waals surface area contributed by atoms with E-state index in [1.54, 1.807) is 24.3 Å². The third-order valence-electron chi connectivity index (χ3n) is 3.80. The smallest absolute Gasteiger partial charge is 0.282 e. The standard InChI is InChI=1S/C19H22N2O2/c1-13-4-6-16(7-5-13)12-20-14(2)19(23)21-18-10-8-17(9-11-18)15(3)22/h4-11,14,20H,12H2,1-3H3,(H,21,23)/p+1/t14-/m0/s1. The van der Waals surface area contributed by atoms with E-state index in [2.05, 4.69) is 36.5 Å². The zero-order chi connectivity index (χ0) is 16.8. The number of nitrogens with two attached hydrogens (primary N) is 1. The van der Waals surface area contributed by atoms with Crippen molar-refractivity contribution >= 4 is 17.4 Å². The van der Waals surface area contributed by atoms with Gasteiger partial charge in [-0.25, -0.2) is 0 Å². The predicted octanol–water partition coefficient (Wildman–Crippen LogP) is 2.29. The molecule has 1 amide bonds. The molecule has 2 aromatic rings. The first-order valence-electron chi connectivity index (χ1n) is 7.76. The Morgan fingerprint density at radius 1 is 1.04 bits per heavy atom. The highest BCUT2D eigenvalue weighted by Gasteiger charge is 2.16. The molecule has 1 atom stereocenters. The summed E-state index contributed by atoms with van der Waals surface area (Å²) in [4.78, 5) is 23.4. The first-order valence-corrected chi connectivity index (χ1v) is 7.76. The Kier molecular flexibility index (Phi) is 5.66. The summed E-state index contributed by atoms with van der Waals surface area (Å²) in [6, 6.07) is 15.1. The Morgan fingerprint density at radius 3 is 2.22 bits per heavy atom. The van der Waals surface area contributed by atoms with E-state index in [9.17, 15) is 9.59 Å². The van der Waals surface area contributed by atoms with Crippen LogP contribution in [-0.4, -0.2) is 17.7 Å². The quantitative estimate of drug-likeness (QED) is 0.804. The second kappa shape index (κ2) is 7.70. The number of amides is 1. The van der Waals surface area contributed by atoms with Crippen molar-refractivity contribution in [3.63, 3.8) is 0 Å². The number of aryl methyl sites for hydroxylation is 1. The highest BCUT2D eigenvalue weighted by molar-refractivity contribution is 5.96. The second-order valence-electron chi connectivity index (χ2n) is 5.84. The van der Waals surface area contributed by atoms with E-state index in [4.69, 9.17) is 0 Å². The Labute approximate surface area is 136 Å². The van der Waals surface area contributed by atoms with Crippen LogP contribution >= 0.6 is 0 Å². The zero-order valence-electron chi connectivity index (χ0n) is 13.8. The van der Waals surface area contributed by atoms with E-state index < -0.39 is 0 Å². The van der Waals surface area contributed by atoms with Gasteiger partial charge < -0.3 is 10.6 Å². The number of hydrogen-bond acceptors (Lipinski definition) is 2. The monoisotopic (exact) mass is 311 g/mol. The van der Waals surface area contributed by atoms with Gasteiger partial charge in [0.05, 0.1) is 0 Å². The van der Waals surface area contributed by atoms with Gasteiger partial charge in [-0.1, -0.05) is 29.8 Å². The highest BCUT2D eigenvalue weighted by Crippen LogP contribution is 2.10. The summed E-state index contributed by atoms with van der Waals surface area (Å²) >= 11 is 0. The number of anilines is 1. The number of hydrogen-bond donors (Lipinski definition) is 2. The maximum Gasteiger partial charge on any atom is 0.282 e. The first kappa shape index (κ1) is 16.9. The van der Waals surface area contributed by atoms with Crippen molar-refractivity contribution in [2.75, 3.05) is 5.32 Å². The largest absolute Gasteiger partial charge is 0.333 e. The van der Waals surface area contributed by atoms with E-state index in [0.717, 1.165) is 6.54 Å². The number of carbonyl (C=O) groups excluding carboxylic acids is 2. The van der Waals surface area contributed by atoms with Crippen molar-refractivity contribution < 1.29 is 14.9 Å². The van der Waals surface area contributed by atoms with Crippen molar-refractivity contribution in [3.8, 4) is 0 Å². The average molecular weight is 311 g/mol. The van der Waals surface area contributed by atoms with E-state index >= 15 is 0 Å². The van der Waals surface area contributed by atoms with Gasteiger partial charge in [-0.15, -0.1) is 0 Å². The molecule has 120 valence electrons. The first-order chi connectivity index (χ1) is 11.0. The van der Waals surface area contributed by atoms with Gasteiger partial charge in [-0.05, 0) is 45.0 Å². The van der Waals surface area contributed by atoms with Crippen LogP contribution in [0.3, 0.4) is 0 Å². The lowest BCUT2D eigenvalue weighted by Gasteiger charge is -2.12. The molecule has 4 nitrogen and oxygen atoms in total. The van der Waals surface area contributed by atoms with Crippen molar-refractivity contribution in [2.24, 2.45) is 0 Å². The van der Waals surface area contributed by atoms with Crippen molar-refractivity contribution in [1.29, 1.82) is 0 Å². The van der Waals surface area contributed by atoms with E-state index in [0.29, 0.717) is 11.3 Å². The molecule has 2 rings (SSSR count). The predicted molar refractivity (Wildman–Crippen MR) is 91.3 cm³/mol. The number of rotatable bonds is 6. The fourth-order valence-corrected chi connectivity index (χ4v) is 2.19. The minimum atomic E-state index is -0.191. The molecule has 0 aliphatic heterocycles. The van der Waals surface area contributed by atoms with Gasteiger partial charge in [-0.3, -0.25) is 9.59 Å². The fourth-order valence-electron chi connectivity index (χ4n) is 2.19. The lowest BCUT2D eigenvalue weighted by molar-refractivity contribution is -0.688. The Morgan fingerprint density at radius 2 is 1.65 bits per heavy atom. The van der Waals surface area contributed by atoms with Gasteiger partial charge in [0.2, 0.25) is 0 Å². The van der Waals surface area contributed by atoms with Gasteiger partial charge >= 0.3 is 0 Å². The van der Waals surface area contributed by atoms with Crippen molar-refractivity contribution in [3.05, 3.63) is 65.2 Å². The van der Waals surface area contributed by atoms with Gasteiger partial charge in [-0.2, -0.15) is 0 Å². The van der Waals surface area contributed by atoms with Crippen LogP contribution in [0, 0.1) is 6.92 Å². The fraction of sp³-hybridized carbons (Fsp3) is 0.263. The molecular formula is C19H23N2O2+. The Bertz CT molecular complexity index is 676. The molecule has 4 heteroatoms. The van der Waals surface area contributed by atoms with Crippen LogP contribution in [-0.2, 0) is 11.3 Å². The maximum absolute atomic E-state index is 12.2. The number of quaternary nitrogens is 1. The summed E-state index contributed by atoms with van der Waals surface area (Å²) in [5.74, 6) is -0.0321. The zero-order valence-corrected chi connectivity index (χ0v) is 13.8. The third-order valence-corrected chi connectivity index (χ3v) is 3.80. The molecule has 0 unspecified atom stereocenters. The molecule has 3 N–H and O–H groups in total. The van der Waals surface area contributed by atoms with Crippen LogP contribution in [0.15, 0.2) is 48.5 Å². The molecule has 2 aromatic carbocycles. The molecule has 0 fully saturated rings. The summed E-state index contributed by atoms with van der Waals surface area (Å²) in [6.07, 6.45) is 0.